The minimum absolute atomic E-state index is 0.158. The number of amides is 2. The van der Waals surface area contributed by atoms with Crippen molar-refractivity contribution in [3.63, 3.8) is 0 Å². The van der Waals surface area contributed by atoms with Crippen molar-refractivity contribution in [3.05, 3.63) is 18.1 Å². The van der Waals surface area contributed by atoms with Gasteiger partial charge in [-0.2, -0.15) is 4.98 Å². The molecule has 2 aromatic rings. The number of hydrogen-bond donors (Lipinski definition) is 2. The van der Waals surface area contributed by atoms with E-state index in [9.17, 15) is 9.59 Å². The van der Waals surface area contributed by atoms with Crippen molar-refractivity contribution >= 4 is 23.3 Å². The van der Waals surface area contributed by atoms with Crippen molar-refractivity contribution in [2.24, 2.45) is 11.3 Å². The normalized spacial score (nSPS) is 11.3. The number of hydrogen-bond acceptors (Lipinski definition) is 7. The van der Waals surface area contributed by atoms with Gasteiger partial charge in [0.1, 0.15) is 17.3 Å². The van der Waals surface area contributed by atoms with E-state index in [-0.39, 0.29) is 34.9 Å². The lowest BCUT2D eigenvalue weighted by Crippen LogP contribution is -2.20. The third kappa shape index (κ3) is 7.06. The molecule has 0 aliphatic heterocycles. The van der Waals surface area contributed by atoms with Crippen LogP contribution in [-0.2, 0) is 9.59 Å². The minimum atomic E-state index is -0.171. The lowest BCUT2D eigenvalue weighted by Gasteiger charge is -2.18. The molecule has 162 valence electrons. The zero-order chi connectivity index (χ0) is 22.5. The van der Waals surface area contributed by atoms with Crippen molar-refractivity contribution in [2.45, 2.75) is 54.4 Å². The molecule has 2 heterocycles. The highest BCUT2D eigenvalue weighted by Crippen LogP contribution is 2.27. The van der Waals surface area contributed by atoms with E-state index in [1.807, 2.05) is 34.6 Å². The molecule has 0 aliphatic rings. The van der Waals surface area contributed by atoms with Crippen LogP contribution in [0.15, 0.2) is 12.3 Å². The van der Waals surface area contributed by atoms with Crippen molar-refractivity contribution in [2.75, 3.05) is 17.7 Å². The van der Waals surface area contributed by atoms with Crippen LogP contribution < -0.4 is 15.4 Å². The molecule has 2 aromatic heterocycles. The Hall–Kier alpha value is -3.10. The number of aromatic nitrogens is 4. The van der Waals surface area contributed by atoms with Gasteiger partial charge in [0.2, 0.25) is 17.7 Å². The summed E-state index contributed by atoms with van der Waals surface area (Å²) in [4.78, 5) is 42.0. The smallest absolute Gasteiger partial charge is 0.225 e. The van der Waals surface area contributed by atoms with Gasteiger partial charge in [0, 0.05) is 18.9 Å². The van der Waals surface area contributed by atoms with Crippen LogP contribution in [0.4, 0.5) is 11.5 Å². The lowest BCUT2D eigenvalue weighted by atomic mass is 9.92. The largest absolute Gasteiger partial charge is 0.481 e. The molecule has 0 radical (unpaired) electrons. The fourth-order valence-corrected chi connectivity index (χ4v) is 2.67. The molecule has 2 N–H and O–H groups in total. The first kappa shape index (κ1) is 23.2. The monoisotopic (exact) mass is 414 g/mol. The molecule has 9 nitrogen and oxygen atoms in total. The third-order valence-corrected chi connectivity index (χ3v) is 3.86. The summed E-state index contributed by atoms with van der Waals surface area (Å²) < 4.78 is 5.26. The summed E-state index contributed by atoms with van der Waals surface area (Å²) >= 11 is 0. The van der Waals surface area contributed by atoms with Gasteiger partial charge in [0.05, 0.1) is 19.0 Å². The minimum Gasteiger partial charge on any atom is -0.481 e. The molecule has 0 unspecified atom stereocenters. The van der Waals surface area contributed by atoms with Gasteiger partial charge in [-0.1, -0.05) is 34.6 Å². The lowest BCUT2D eigenvalue weighted by molar-refractivity contribution is -0.118. The number of carbonyl (C=O) groups is 2. The predicted octanol–water partition coefficient (Wildman–Crippen LogP) is 3.61. The molecule has 0 saturated carbocycles. The Balaban J connectivity index is 2.42. The van der Waals surface area contributed by atoms with Gasteiger partial charge in [0.25, 0.3) is 0 Å². The molecule has 0 aliphatic carbocycles. The fourth-order valence-electron chi connectivity index (χ4n) is 2.67. The SMILES string of the molecule is COc1cc(NC(=O)CC(C)C)nc(-c2nc(C)ncc2NC(=O)CC(C)(C)C)n1. The zero-order valence-electron chi connectivity index (χ0n) is 18.7. The molecular weight excluding hydrogens is 384 g/mol. The highest BCUT2D eigenvalue weighted by atomic mass is 16.5. The van der Waals surface area contributed by atoms with E-state index in [0.717, 1.165) is 0 Å². The summed E-state index contributed by atoms with van der Waals surface area (Å²) in [5, 5.41) is 5.61. The number of aryl methyl sites for hydroxylation is 1. The Morgan fingerprint density at radius 3 is 2.40 bits per heavy atom. The number of nitrogens with zero attached hydrogens (tertiary/aromatic N) is 4. The van der Waals surface area contributed by atoms with Gasteiger partial charge in [-0.25, -0.2) is 15.0 Å². The fraction of sp³-hybridized carbons (Fsp3) is 0.524. The van der Waals surface area contributed by atoms with Crippen LogP contribution in [-0.4, -0.2) is 38.9 Å². The number of nitrogens with one attached hydrogen (secondary N) is 2. The zero-order valence-corrected chi connectivity index (χ0v) is 18.7. The average Bonchev–Trinajstić information content (AvgIpc) is 2.60. The van der Waals surface area contributed by atoms with Crippen LogP contribution >= 0.6 is 0 Å². The number of methoxy groups -OCH3 is 1. The first-order valence-corrected chi connectivity index (χ1v) is 9.83. The highest BCUT2D eigenvalue weighted by Gasteiger charge is 2.20. The summed E-state index contributed by atoms with van der Waals surface area (Å²) in [7, 11) is 1.48. The maximum atomic E-state index is 12.4. The Kier molecular flexibility index (Phi) is 7.42. The molecule has 9 heteroatoms. The first-order chi connectivity index (χ1) is 14.0. The third-order valence-electron chi connectivity index (χ3n) is 3.86. The molecule has 2 amide bonds. The van der Waals surface area contributed by atoms with E-state index in [2.05, 4.69) is 30.6 Å². The average molecular weight is 415 g/mol. The second-order valence-corrected chi connectivity index (χ2v) is 8.73. The summed E-state index contributed by atoms with van der Waals surface area (Å²) in [6.07, 6.45) is 2.22. The van der Waals surface area contributed by atoms with E-state index in [0.29, 0.717) is 35.9 Å². The molecule has 2 rings (SSSR count). The van der Waals surface area contributed by atoms with Gasteiger partial charge in [-0.15, -0.1) is 0 Å². The molecule has 30 heavy (non-hydrogen) atoms. The summed E-state index contributed by atoms with van der Waals surface area (Å²) in [6.45, 7) is 11.6. The van der Waals surface area contributed by atoms with Gasteiger partial charge in [-0.05, 0) is 18.3 Å². The summed E-state index contributed by atoms with van der Waals surface area (Å²) in [5.41, 5.74) is 0.571. The van der Waals surface area contributed by atoms with Crippen LogP contribution in [0.25, 0.3) is 11.5 Å². The van der Waals surface area contributed by atoms with E-state index in [1.165, 1.54) is 19.4 Å². The van der Waals surface area contributed by atoms with Crippen LogP contribution in [0.2, 0.25) is 0 Å². The Labute approximate surface area is 177 Å². The van der Waals surface area contributed by atoms with Crippen molar-refractivity contribution < 1.29 is 14.3 Å². The molecule has 0 aromatic carbocycles. The molecule has 0 atom stereocenters. The molecule has 0 saturated heterocycles. The van der Waals surface area contributed by atoms with E-state index >= 15 is 0 Å². The van der Waals surface area contributed by atoms with E-state index in [4.69, 9.17) is 4.74 Å². The Morgan fingerprint density at radius 1 is 1.10 bits per heavy atom. The van der Waals surface area contributed by atoms with Gasteiger partial charge >= 0.3 is 0 Å². The first-order valence-electron chi connectivity index (χ1n) is 9.83. The number of carbonyl (C=O) groups excluding carboxylic acids is 2. The second kappa shape index (κ2) is 9.60. The standard InChI is InChI=1S/C21H30N6O3/c1-12(2)8-16(28)25-15-9-18(30-7)27-20(26-15)19-14(11-22-13(3)23-19)24-17(29)10-21(4,5)6/h9,11-12H,8,10H2,1-7H3,(H,24,29)(H,25,26,27,28). The summed E-state index contributed by atoms with van der Waals surface area (Å²) in [5.74, 6) is 1.16. The van der Waals surface area contributed by atoms with Gasteiger partial charge in [0.15, 0.2) is 5.82 Å². The molecule has 0 bridgehead atoms. The van der Waals surface area contributed by atoms with E-state index in [1.54, 1.807) is 6.92 Å². The quantitative estimate of drug-likeness (QED) is 0.710. The van der Waals surface area contributed by atoms with Crippen LogP contribution in [0.3, 0.4) is 0 Å². The Bertz CT molecular complexity index is 921. The maximum absolute atomic E-state index is 12.4. The van der Waals surface area contributed by atoms with Crippen LogP contribution in [0.1, 0.15) is 53.3 Å². The summed E-state index contributed by atoms with van der Waals surface area (Å²) in [6, 6.07) is 1.54. The second-order valence-electron chi connectivity index (χ2n) is 8.73. The topological polar surface area (TPSA) is 119 Å². The van der Waals surface area contributed by atoms with Gasteiger partial charge in [-0.3, -0.25) is 9.59 Å². The highest BCUT2D eigenvalue weighted by molar-refractivity contribution is 5.94. The van der Waals surface area contributed by atoms with Gasteiger partial charge < -0.3 is 15.4 Å². The predicted molar refractivity (Wildman–Crippen MR) is 115 cm³/mol. The molecule has 0 spiro atoms. The maximum Gasteiger partial charge on any atom is 0.225 e. The van der Waals surface area contributed by atoms with Crippen LogP contribution in [0.5, 0.6) is 5.88 Å². The Morgan fingerprint density at radius 2 is 1.80 bits per heavy atom. The van der Waals surface area contributed by atoms with Crippen molar-refractivity contribution in [1.82, 2.24) is 19.9 Å². The van der Waals surface area contributed by atoms with Crippen molar-refractivity contribution in [1.29, 1.82) is 0 Å². The van der Waals surface area contributed by atoms with E-state index < -0.39 is 0 Å². The number of ether oxygens (including phenoxy) is 1. The molecule has 0 fully saturated rings. The number of anilines is 2. The number of rotatable bonds is 7. The van der Waals surface area contributed by atoms with Crippen molar-refractivity contribution in [3.8, 4) is 17.4 Å². The molecular formula is C21H30N6O3. The van der Waals surface area contributed by atoms with Crippen LogP contribution in [0, 0.1) is 18.3 Å².